The summed E-state index contributed by atoms with van der Waals surface area (Å²) in [5, 5.41) is 0. The second-order valence-corrected chi connectivity index (χ2v) is 8.05. The van der Waals surface area contributed by atoms with Crippen LogP contribution in [0.3, 0.4) is 0 Å². The Morgan fingerprint density at radius 3 is 1.27 bits per heavy atom. The first-order valence-electron chi connectivity index (χ1n) is 12.2. The summed E-state index contributed by atoms with van der Waals surface area (Å²) in [5.41, 5.74) is 4.29. The summed E-state index contributed by atoms with van der Waals surface area (Å²) in [6.07, 6.45) is 3.38. The van der Waals surface area contributed by atoms with Gasteiger partial charge in [0.2, 0.25) is 0 Å². The highest BCUT2D eigenvalue weighted by atomic mass is 16.7. The Labute approximate surface area is 230 Å². The van der Waals surface area contributed by atoms with Crippen molar-refractivity contribution in [3.8, 4) is 0 Å². The zero-order valence-corrected chi connectivity index (χ0v) is 21.9. The monoisotopic (exact) mass is 574 g/mol. The van der Waals surface area contributed by atoms with Gasteiger partial charge in [-0.05, 0) is 37.5 Å². The number of esters is 4. The van der Waals surface area contributed by atoms with Crippen LogP contribution in [0.4, 0.5) is 9.59 Å². The van der Waals surface area contributed by atoms with Gasteiger partial charge in [-0.3, -0.25) is 9.68 Å². The molecule has 0 aliphatic heterocycles. The maximum absolute atomic E-state index is 11.6. The first-order chi connectivity index (χ1) is 19.2. The number of amides is 2. The van der Waals surface area contributed by atoms with E-state index >= 15 is 0 Å². The van der Waals surface area contributed by atoms with Crippen LogP contribution in [0.15, 0.2) is 25.3 Å². The van der Waals surface area contributed by atoms with Crippen LogP contribution in [0.5, 0.6) is 0 Å². The van der Waals surface area contributed by atoms with Crippen molar-refractivity contribution < 1.29 is 66.9 Å². The number of ether oxygens (including phenoxy) is 6. The fourth-order valence-electron chi connectivity index (χ4n) is 3.10. The van der Waals surface area contributed by atoms with Crippen molar-refractivity contribution in [2.75, 3.05) is 52.9 Å². The SMILES string of the molecule is C=CC(=O)OCC(=O)OCCOC(=O)NOCC1CCC(CONC(=O)OCCOC(=O)COC(=O)C=C)CC1. The number of carbonyl (C=O) groups excluding carboxylic acids is 6. The van der Waals surface area contributed by atoms with E-state index in [2.05, 4.69) is 33.6 Å². The van der Waals surface area contributed by atoms with Crippen molar-refractivity contribution in [1.29, 1.82) is 0 Å². The van der Waals surface area contributed by atoms with Crippen LogP contribution in [-0.2, 0) is 57.3 Å². The Hall–Kier alpha value is -4.18. The Bertz CT molecular complexity index is 800. The minimum Gasteiger partial charge on any atom is -0.460 e. The molecular weight excluding hydrogens is 540 g/mol. The van der Waals surface area contributed by atoms with Crippen molar-refractivity contribution in [3.63, 3.8) is 0 Å². The molecule has 1 rings (SSSR count). The maximum atomic E-state index is 11.6. The first kappa shape index (κ1) is 33.8. The van der Waals surface area contributed by atoms with Gasteiger partial charge in [-0.1, -0.05) is 13.2 Å². The van der Waals surface area contributed by atoms with Crippen LogP contribution < -0.4 is 11.0 Å². The first-order valence-corrected chi connectivity index (χ1v) is 12.2. The van der Waals surface area contributed by atoms with E-state index in [1.54, 1.807) is 0 Å². The fourth-order valence-corrected chi connectivity index (χ4v) is 3.10. The molecule has 1 saturated carbocycles. The summed E-state index contributed by atoms with van der Waals surface area (Å²) in [6.45, 7) is 4.90. The van der Waals surface area contributed by atoms with E-state index < -0.39 is 49.3 Å². The van der Waals surface area contributed by atoms with Gasteiger partial charge in [-0.25, -0.2) is 28.8 Å². The van der Waals surface area contributed by atoms with Crippen LogP contribution in [0, 0.1) is 11.8 Å². The fraction of sp³-hybridized carbons (Fsp3) is 0.583. The number of hydrogen-bond acceptors (Lipinski definition) is 14. The third kappa shape index (κ3) is 17.4. The summed E-state index contributed by atoms with van der Waals surface area (Å²) in [6, 6.07) is 0. The van der Waals surface area contributed by atoms with Crippen LogP contribution >= 0.6 is 0 Å². The summed E-state index contributed by atoms with van der Waals surface area (Å²) in [4.78, 5) is 77.8. The Morgan fingerprint density at radius 1 is 0.575 bits per heavy atom. The molecule has 2 N–H and O–H groups in total. The van der Waals surface area contributed by atoms with Crippen molar-refractivity contribution >= 4 is 36.1 Å². The molecule has 0 aromatic rings. The second kappa shape index (κ2) is 20.7. The lowest BCUT2D eigenvalue weighted by Gasteiger charge is -2.27. The van der Waals surface area contributed by atoms with E-state index in [0.717, 1.165) is 37.8 Å². The number of carbonyl (C=O) groups is 6. The average molecular weight is 575 g/mol. The summed E-state index contributed by atoms with van der Waals surface area (Å²) in [7, 11) is 0. The normalized spacial score (nSPS) is 15.9. The lowest BCUT2D eigenvalue weighted by Crippen LogP contribution is -2.31. The standard InChI is InChI=1S/C24H34N2O14/c1-3-19(27)37-15-21(29)33-9-11-35-23(31)25-39-13-17-5-7-18(8-6-17)14-40-26-24(32)36-12-10-34-22(30)16-38-20(28)4-2/h3-4,17-18H,1-2,5-16H2,(H,25,31)(H,26,32). The highest BCUT2D eigenvalue weighted by Crippen LogP contribution is 2.28. The molecule has 40 heavy (non-hydrogen) atoms. The van der Waals surface area contributed by atoms with Crippen molar-refractivity contribution in [2.45, 2.75) is 25.7 Å². The average Bonchev–Trinajstić information content (AvgIpc) is 2.95. The predicted molar refractivity (Wildman–Crippen MR) is 131 cm³/mol. The summed E-state index contributed by atoms with van der Waals surface area (Å²) >= 11 is 0. The lowest BCUT2D eigenvalue weighted by atomic mass is 9.83. The van der Waals surface area contributed by atoms with Gasteiger partial charge in [0, 0.05) is 12.2 Å². The number of hydroxylamine groups is 2. The Balaban J connectivity index is 1.99. The van der Waals surface area contributed by atoms with Gasteiger partial charge < -0.3 is 28.4 Å². The third-order valence-electron chi connectivity index (χ3n) is 5.07. The van der Waals surface area contributed by atoms with Gasteiger partial charge in [-0.15, -0.1) is 0 Å². The molecule has 16 heteroatoms. The van der Waals surface area contributed by atoms with Gasteiger partial charge in [0.25, 0.3) is 0 Å². The Kier molecular flexibility index (Phi) is 17.6. The molecule has 1 aliphatic carbocycles. The van der Waals surface area contributed by atoms with E-state index in [1.165, 1.54) is 0 Å². The third-order valence-corrected chi connectivity index (χ3v) is 5.07. The molecule has 0 atom stereocenters. The molecule has 16 nitrogen and oxygen atoms in total. The molecular formula is C24H34N2O14. The quantitative estimate of drug-likeness (QED) is 0.0760. The topological polar surface area (TPSA) is 200 Å². The molecule has 1 aliphatic rings. The summed E-state index contributed by atoms with van der Waals surface area (Å²) in [5.74, 6) is -2.70. The molecule has 0 spiro atoms. The molecule has 0 bridgehead atoms. The molecule has 0 saturated heterocycles. The van der Waals surface area contributed by atoms with Crippen LogP contribution in [-0.4, -0.2) is 88.9 Å². The lowest BCUT2D eigenvalue weighted by molar-refractivity contribution is -0.156. The van der Waals surface area contributed by atoms with Crippen LogP contribution in [0.1, 0.15) is 25.7 Å². The largest absolute Gasteiger partial charge is 0.460 e. The van der Waals surface area contributed by atoms with Gasteiger partial charge in [0.15, 0.2) is 13.2 Å². The van der Waals surface area contributed by atoms with Crippen molar-refractivity contribution in [1.82, 2.24) is 11.0 Å². The van der Waals surface area contributed by atoms with Crippen LogP contribution in [0.2, 0.25) is 0 Å². The number of hydrogen-bond donors (Lipinski definition) is 2. The predicted octanol–water partition coefficient (Wildman–Crippen LogP) is 0.653. The molecule has 2 amide bonds. The zero-order chi connectivity index (χ0) is 29.6. The van der Waals surface area contributed by atoms with Gasteiger partial charge >= 0.3 is 36.1 Å². The van der Waals surface area contributed by atoms with Gasteiger partial charge in [0.05, 0.1) is 13.2 Å². The van der Waals surface area contributed by atoms with E-state index in [-0.39, 0.29) is 51.5 Å². The molecule has 0 aromatic heterocycles. The number of nitrogens with one attached hydrogen (secondary N) is 2. The second-order valence-electron chi connectivity index (χ2n) is 8.05. The molecule has 0 heterocycles. The maximum Gasteiger partial charge on any atom is 0.431 e. The van der Waals surface area contributed by atoms with E-state index in [9.17, 15) is 28.8 Å². The number of rotatable bonds is 18. The molecule has 0 aromatic carbocycles. The van der Waals surface area contributed by atoms with E-state index in [4.69, 9.17) is 28.6 Å². The smallest absolute Gasteiger partial charge is 0.431 e. The highest BCUT2D eigenvalue weighted by molar-refractivity contribution is 5.84. The van der Waals surface area contributed by atoms with E-state index in [1.807, 2.05) is 0 Å². The Morgan fingerprint density at radius 2 is 0.925 bits per heavy atom. The highest BCUT2D eigenvalue weighted by Gasteiger charge is 2.22. The van der Waals surface area contributed by atoms with E-state index in [0.29, 0.717) is 0 Å². The van der Waals surface area contributed by atoms with Gasteiger partial charge in [0.1, 0.15) is 26.4 Å². The van der Waals surface area contributed by atoms with Crippen LogP contribution in [0.25, 0.3) is 0 Å². The van der Waals surface area contributed by atoms with Gasteiger partial charge in [-0.2, -0.15) is 11.0 Å². The minimum atomic E-state index is -0.846. The minimum absolute atomic E-state index is 0.205. The molecule has 0 unspecified atom stereocenters. The van der Waals surface area contributed by atoms with Crippen molar-refractivity contribution in [2.24, 2.45) is 11.8 Å². The molecule has 224 valence electrons. The zero-order valence-electron chi connectivity index (χ0n) is 21.9. The summed E-state index contributed by atoms with van der Waals surface area (Å²) < 4.78 is 28.0. The molecule has 0 radical (unpaired) electrons. The molecule has 1 fully saturated rings. The van der Waals surface area contributed by atoms with Crippen molar-refractivity contribution in [3.05, 3.63) is 25.3 Å².